The number of nitrogens with zero attached hydrogens (tertiary/aromatic N) is 3. The van der Waals surface area contributed by atoms with Crippen molar-refractivity contribution >= 4 is 5.95 Å². The first-order valence-corrected chi connectivity index (χ1v) is 6.27. The van der Waals surface area contributed by atoms with Crippen LogP contribution < -0.4 is 15.4 Å². The minimum Gasteiger partial charge on any atom is -0.478 e. The fourth-order valence-electron chi connectivity index (χ4n) is 1.99. The molecule has 0 bridgehead atoms. The van der Waals surface area contributed by atoms with E-state index in [-0.39, 0.29) is 6.04 Å². The molecule has 1 aliphatic heterocycles. The molecule has 0 aliphatic carbocycles. The summed E-state index contributed by atoms with van der Waals surface area (Å²) >= 11 is 0. The second-order valence-corrected chi connectivity index (χ2v) is 4.24. The van der Waals surface area contributed by atoms with Gasteiger partial charge in [0, 0.05) is 24.8 Å². The number of anilines is 1. The molecule has 0 amide bonds. The first kappa shape index (κ1) is 13.0. The third kappa shape index (κ3) is 2.88. The van der Waals surface area contributed by atoms with Crippen LogP contribution in [-0.4, -0.2) is 48.9 Å². The van der Waals surface area contributed by atoms with Gasteiger partial charge in [0.2, 0.25) is 11.8 Å². The maximum Gasteiger partial charge on any atom is 0.229 e. The molecule has 1 aliphatic rings. The quantitative estimate of drug-likeness (QED) is 0.833. The van der Waals surface area contributed by atoms with Crippen molar-refractivity contribution in [3.63, 3.8) is 0 Å². The number of rotatable bonds is 4. The fourth-order valence-corrected chi connectivity index (χ4v) is 1.99. The summed E-state index contributed by atoms with van der Waals surface area (Å²) in [6.45, 7) is 7.06. The maximum atomic E-state index is 5.76. The van der Waals surface area contributed by atoms with Crippen LogP contribution in [0.1, 0.15) is 12.6 Å². The van der Waals surface area contributed by atoms with E-state index in [9.17, 15) is 0 Å². The zero-order valence-electron chi connectivity index (χ0n) is 10.9. The van der Waals surface area contributed by atoms with E-state index in [1.54, 1.807) is 0 Å². The first-order valence-electron chi connectivity index (χ1n) is 6.27. The van der Waals surface area contributed by atoms with Crippen molar-refractivity contribution < 1.29 is 9.47 Å². The molecule has 1 fully saturated rings. The van der Waals surface area contributed by atoms with E-state index >= 15 is 0 Å². The van der Waals surface area contributed by atoms with Crippen LogP contribution in [0, 0.1) is 6.92 Å². The van der Waals surface area contributed by atoms with Crippen LogP contribution in [0.3, 0.4) is 0 Å². The summed E-state index contributed by atoms with van der Waals surface area (Å²) in [5, 5.41) is 0. The van der Waals surface area contributed by atoms with Gasteiger partial charge in [0.15, 0.2) is 0 Å². The van der Waals surface area contributed by atoms with Crippen molar-refractivity contribution in [3.05, 3.63) is 11.8 Å². The summed E-state index contributed by atoms with van der Waals surface area (Å²) in [6, 6.07) is 1.97. The first-order chi connectivity index (χ1) is 8.74. The van der Waals surface area contributed by atoms with Crippen molar-refractivity contribution in [2.45, 2.75) is 19.9 Å². The minimum atomic E-state index is 0.134. The summed E-state index contributed by atoms with van der Waals surface area (Å²) in [4.78, 5) is 11.0. The Morgan fingerprint density at radius 3 is 3.11 bits per heavy atom. The fraction of sp³-hybridized carbons (Fsp3) is 0.667. The van der Waals surface area contributed by atoms with E-state index in [4.69, 9.17) is 15.2 Å². The van der Waals surface area contributed by atoms with Gasteiger partial charge in [0.25, 0.3) is 0 Å². The number of nitrogens with two attached hydrogens (primary N) is 1. The third-order valence-electron chi connectivity index (χ3n) is 2.87. The van der Waals surface area contributed by atoms with Crippen molar-refractivity contribution in [1.29, 1.82) is 0 Å². The Morgan fingerprint density at radius 2 is 2.39 bits per heavy atom. The summed E-state index contributed by atoms with van der Waals surface area (Å²) in [5.41, 5.74) is 6.65. The van der Waals surface area contributed by atoms with Crippen LogP contribution in [0.5, 0.6) is 5.88 Å². The lowest BCUT2D eigenvalue weighted by Gasteiger charge is -2.35. The highest BCUT2D eigenvalue weighted by atomic mass is 16.5. The van der Waals surface area contributed by atoms with Crippen LogP contribution >= 0.6 is 0 Å². The molecule has 0 spiro atoms. The molecule has 0 aromatic carbocycles. The van der Waals surface area contributed by atoms with E-state index in [1.165, 1.54) is 0 Å². The smallest absolute Gasteiger partial charge is 0.229 e. The largest absolute Gasteiger partial charge is 0.478 e. The number of hydrogen-bond donors (Lipinski definition) is 1. The molecule has 18 heavy (non-hydrogen) atoms. The average molecular weight is 252 g/mol. The normalized spacial score (nSPS) is 19.9. The maximum absolute atomic E-state index is 5.76. The highest BCUT2D eigenvalue weighted by molar-refractivity contribution is 5.36. The summed E-state index contributed by atoms with van der Waals surface area (Å²) in [7, 11) is 0. The van der Waals surface area contributed by atoms with Gasteiger partial charge in [0.1, 0.15) is 0 Å². The molecule has 1 aromatic heterocycles. The van der Waals surface area contributed by atoms with Crippen molar-refractivity contribution in [1.82, 2.24) is 9.97 Å². The molecule has 2 heterocycles. The highest BCUT2D eigenvalue weighted by Gasteiger charge is 2.24. The van der Waals surface area contributed by atoms with Crippen molar-refractivity contribution in [2.24, 2.45) is 5.73 Å². The van der Waals surface area contributed by atoms with E-state index in [0.717, 1.165) is 12.2 Å². The second-order valence-electron chi connectivity index (χ2n) is 4.24. The van der Waals surface area contributed by atoms with Crippen LogP contribution in [0.4, 0.5) is 5.95 Å². The molecule has 1 aromatic rings. The Kier molecular flexibility index (Phi) is 4.33. The molecular weight excluding hydrogens is 232 g/mol. The number of ether oxygens (including phenoxy) is 2. The molecule has 6 heteroatoms. The van der Waals surface area contributed by atoms with E-state index in [2.05, 4.69) is 14.9 Å². The van der Waals surface area contributed by atoms with Crippen molar-refractivity contribution in [3.8, 4) is 5.88 Å². The standard InChI is InChI=1S/C12H20N4O2/c1-3-18-11-6-9(2)14-12(15-11)16-4-5-17-8-10(16)7-13/h6,10H,3-5,7-8,13H2,1-2H3. The molecule has 0 radical (unpaired) electrons. The van der Waals surface area contributed by atoms with Crippen LogP contribution in [0.25, 0.3) is 0 Å². The van der Waals surface area contributed by atoms with Gasteiger partial charge in [0.05, 0.1) is 25.9 Å². The van der Waals surface area contributed by atoms with Gasteiger partial charge in [-0.1, -0.05) is 0 Å². The second kappa shape index (κ2) is 5.97. The van der Waals surface area contributed by atoms with Crippen LogP contribution in [0.15, 0.2) is 6.07 Å². The predicted octanol–water partition coefficient (Wildman–Crippen LogP) is 0.348. The predicted molar refractivity (Wildman–Crippen MR) is 68.9 cm³/mol. The van der Waals surface area contributed by atoms with E-state index in [1.807, 2.05) is 19.9 Å². The Bertz CT molecular complexity index is 400. The lowest BCUT2D eigenvalue weighted by atomic mass is 10.2. The summed E-state index contributed by atoms with van der Waals surface area (Å²) in [5.74, 6) is 1.29. The van der Waals surface area contributed by atoms with Gasteiger partial charge in [-0.05, 0) is 13.8 Å². The lowest BCUT2D eigenvalue weighted by molar-refractivity contribution is 0.0953. The average Bonchev–Trinajstić information content (AvgIpc) is 2.38. The summed E-state index contributed by atoms with van der Waals surface area (Å²) in [6.07, 6.45) is 0. The molecule has 2 N–H and O–H groups in total. The van der Waals surface area contributed by atoms with E-state index in [0.29, 0.717) is 38.2 Å². The number of aromatic nitrogens is 2. The minimum absolute atomic E-state index is 0.134. The Balaban J connectivity index is 2.24. The molecule has 1 atom stereocenters. The molecule has 2 rings (SSSR count). The molecule has 0 saturated carbocycles. The van der Waals surface area contributed by atoms with Crippen LogP contribution in [-0.2, 0) is 4.74 Å². The highest BCUT2D eigenvalue weighted by Crippen LogP contribution is 2.19. The van der Waals surface area contributed by atoms with Gasteiger partial charge in [-0.3, -0.25) is 0 Å². The number of aryl methyl sites for hydroxylation is 1. The monoisotopic (exact) mass is 252 g/mol. The molecule has 6 nitrogen and oxygen atoms in total. The number of hydrogen-bond acceptors (Lipinski definition) is 6. The van der Waals surface area contributed by atoms with Gasteiger partial charge in [-0.2, -0.15) is 4.98 Å². The molecule has 1 saturated heterocycles. The lowest BCUT2D eigenvalue weighted by Crippen LogP contribution is -2.50. The van der Waals surface area contributed by atoms with Crippen molar-refractivity contribution in [2.75, 3.05) is 37.8 Å². The van der Waals surface area contributed by atoms with Gasteiger partial charge in [-0.25, -0.2) is 4.98 Å². The zero-order chi connectivity index (χ0) is 13.0. The topological polar surface area (TPSA) is 73.5 Å². The summed E-state index contributed by atoms with van der Waals surface area (Å²) < 4.78 is 10.9. The zero-order valence-corrected chi connectivity index (χ0v) is 10.9. The van der Waals surface area contributed by atoms with Gasteiger partial charge in [-0.15, -0.1) is 0 Å². The van der Waals surface area contributed by atoms with Crippen LogP contribution in [0.2, 0.25) is 0 Å². The van der Waals surface area contributed by atoms with Gasteiger partial charge >= 0.3 is 0 Å². The number of morpholine rings is 1. The Hall–Kier alpha value is -1.40. The third-order valence-corrected chi connectivity index (χ3v) is 2.87. The molecule has 1 unspecified atom stereocenters. The van der Waals surface area contributed by atoms with E-state index < -0.39 is 0 Å². The molecular formula is C12H20N4O2. The Morgan fingerprint density at radius 1 is 1.56 bits per heavy atom. The van der Waals surface area contributed by atoms with Gasteiger partial charge < -0.3 is 20.1 Å². The SMILES string of the molecule is CCOc1cc(C)nc(N2CCOCC2CN)n1. The molecule has 100 valence electrons. The Labute approximate surface area is 107 Å².